The van der Waals surface area contributed by atoms with E-state index < -0.39 is 6.10 Å². The molecule has 0 aromatic heterocycles. The van der Waals surface area contributed by atoms with Crippen molar-refractivity contribution in [2.24, 2.45) is 0 Å². The number of hydrogen-bond donors (Lipinski definition) is 1. The lowest BCUT2D eigenvalue weighted by Gasteiger charge is -2.29. The van der Waals surface area contributed by atoms with Crippen molar-refractivity contribution >= 4 is 0 Å². The van der Waals surface area contributed by atoms with Crippen LogP contribution >= 0.6 is 0 Å². The van der Waals surface area contributed by atoms with Crippen LogP contribution in [0, 0.1) is 0 Å². The van der Waals surface area contributed by atoms with Gasteiger partial charge in [-0.05, 0) is 29.5 Å². The van der Waals surface area contributed by atoms with Gasteiger partial charge in [0.05, 0.1) is 12.7 Å². The van der Waals surface area contributed by atoms with Gasteiger partial charge >= 0.3 is 0 Å². The Kier molecular flexibility index (Phi) is 4.48. The average Bonchev–Trinajstić information content (AvgIpc) is 2.42. The van der Waals surface area contributed by atoms with Crippen molar-refractivity contribution in [3.05, 3.63) is 29.8 Å². The van der Waals surface area contributed by atoms with Gasteiger partial charge in [-0.1, -0.05) is 32.9 Å². The zero-order valence-corrected chi connectivity index (χ0v) is 12.1. The number of hydrogen-bond acceptors (Lipinski definition) is 3. The van der Waals surface area contributed by atoms with Crippen molar-refractivity contribution in [3.63, 3.8) is 0 Å². The van der Waals surface area contributed by atoms with Crippen molar-refractivity contribution in [1.29, 1.82) is 0 Å². The number of rotatable bonds is 4. The minimum atomic E-state index is -0.430. The van der Waals surface area contributed by atoms with Gasteiger partial charge in [-0.2, -0.15) is 0 Å². The first kappa shape index (κ1) is 14.4. The van der Waals surface area contributed by atoms with Gasteiger partial charge in [0.1, 0.15) is 11.9 Å². The van der Waals surface area contributed by atoms with E-state index in [0.29, 0.717) is 19.6 Å². The largest absolute Gasteiger partial charge is 0.485 e. The van der Waals surface area contributed by atoms with E-state index in [1.54, 1.807) is 0 Å². The Morgan fingerprint density at radius 1 is 1.32 bits per heavy atom. The second-order valence-electron chi connectivity index (χ2n) is 5.85. The molecule has 1 fully saturated rings. The molecule has 1 aliphatic rings. The van der Waals surface area contributed by atoms with E-state index in [0.717, 1.165) is 12.2 Å². The maximum Gasteiger partial charge on any atom is 0.148 e. The topological polar surface area (TPSA) is 38.7 Å². The van der Waals surface area contributed by atoms with Crippen LogP contribution in [0.15, 0.2) is 24.3 Å². The maximum atomic E-state index is 9.85. The molecular weight excluding hydrogens is 240 g/mol. The summed E-state index contributed by atoms with van der Waals surface area (Å²) in [5.41, 5.74) is 1.49. The van der Waals surface area contributed by atoms with Crippen LogP contribution in [-0.4, -0.2) is 30.5 Å². The molecule has 0 amide bonds. The van der Waals surface area contributed by atoms with Gasteiger partial charge in [-0.15, -0.1) is 0 Å². The second kappa shape index (κ2) is 5.93. The average molecular weight is 264 g/mol. The summed E-state index contributed by atoms with van der Waals surface area (Å²) in [7, 11) is 0. The van der Waals surface area contributed by atoms with Gasteiger partial charge in [0.2, 0.25) is 0 Å². The Labute approximate surface area is 115 Å². The van der Waals surface area contributed by atoms with Crippen molar-refractivity contribution in [2.75, 3.05) is 13.2 Å². The smallest absolute Gasteiger partial charge is 0.148 e. The Balaban J connectivity index is 2.02. The number of aliphatic hydroxyl groups excluding tert-OH is 1. The standard InChI is InChI=1S/C16H24O3/c1-4-16(2,3)12-5-7-13(8-6-12)19-15-11-18-10-9-14(15)17/h5-8,14-15,17H,4,9-11H2,1-3H3. The lowest BCUT2D eigenvalue weighted by Crippen LogP contribution is -2.40. The molecule has 3 nitrogen and oxygen atoms in total. The van der Waals surface area contributed by atoms with Crippen LogP contribution in [0.2, 0.25) is 0 Å². The molecule has 2 unspecified atom stereocenters. The molecule has 1 aliphatic heterocycles. The van der Waals surface area contributed by atoms with Crippen molar-refractivity contribution < 1.29 is 14.6 Å². The summed E-state index contributed by atoms with van der Waals surface area (Å²) < 4.78 is 11.1. The monoisotopic (exact) mass is 264 g/mol. The zero-order chi connectivity index (χ0) is 13.9. The molecule has 1 N–H and O–H groups in total. The van der Waals surface area contributed by atoms with Gasteiger partial charge in [0, 0.05) is 13.0 Å². The van der Waals surface area contributed by atoms with E-state index in [1.165, 1.54) is 5.56 Å². The normalized spacial score (nSPS) is 24.2. The van der Waals surface area contributed by atoms with Gasteiger partial charge < -0.3 is 14.6 Å². The highest BCUT2D eigenvalue weighted by Gasteiger charge is 2.25. The van der Waals surface area contributed by atoms with Crippen molar-refractivity contribution in [3.8, 4) is 5.75 Å². The van der Waals surface area contributed by atoms with E-state index in [2.05, 4.69) is 32.9 Å². The first-order valence-electron chi connectivity index (χ1n) is 7.06. The van der Waals surface area contributed by atoms with E-state index >= 15 is 0 Å². The number of aliphatic hydroxyl groups is 1. The first-order chi connectivity index (χ1) is 9.03. The number of benzene rings is 1. The van der Waals surface area contributed by atoms with Crippen molar-refractivity contribution in [2.45, 2.75) is 51.2 Å². The molecule has 0 aliphatic carbocycles. The minimum Gasteiger partial charge on any atom is -0.485 e. The Morgan fingerprint density at radius 3 is 2.58 bits per heavy atom. The molecule has 106 valence electrons. The summed E-state index contributed by atoms with van der Waals surface area (Å²) in [6.45, 7) is 7.75. The fourth-order valence-electron chi connectivity index (χ4n) is 2.18. The predicted octanol–water partition coefficient (Wildman–Crippen LogP) is 2.90. The summed E-state index contributed by atoms with van der Waals surface area (Å²) in [4.78, 5) is 0. The fraction of sp³-hybridized carbons (Fsp3) is 0.625. The first-order valence-corrected chi connectivity index (χ1v) is 7.06. The quantitative estimate of drug-likeness (QED) is 0.908. The molecule has 1 aromatic rings. The third-order valence-corrected chi connectivity index (χ3v) is 4.08. The lowest BCUT2D eigenvalue weighted by molar-refractivity contribution is -0.0735. The Hall–Kier alpha value is -1.06. The molecule has 1 aromatic carbocycles. The van der Waals surface area contributed by atoms with Gasteiger partial charge in [0.15, 0.2) is 0 Å². The lowest BCUT2D eigenvalue weighted by atomic mass is 9.82. The highest BCUT2D eigenvalue weighted by molar-refractivity contribution is 5.31. The van der Waals surface area contributed by atoms with Crippen LogP contribution in [0.1, 0.15) is 39.2 Å². The molecule has 3 heteroatoms. The van der Waals surface area contributed by atoms with Gasteiger partial charge in [0.25, 0.3) is 0 Å². The van der Waals surface area contributed by atoms with E-state index in [-0.39, 0.29) is 11.5 Å². The van der Waals surface area contributed by atoms with Gasteiger partial charge in [-0.25, -0.2) is 0 Å². The molecule has 19 heavy (non-hydrogen) atoms. The van der Waals surface area contributed by atoms with Crippen LogP contribution in [0.3, 0.4) is 0 Å². The zero-order valence-electron chi connectivity index (χ0n) is 12.1. The highest BCUT2D eigenvalue weighted by atomic mass is 16.5. The minimum absolute atomic E-state index is 0.187. The second-order valence-corrected chi connectivity index (χ2v) is 5.85. The van der Waals surface area contributed by atoms with Crippen molar-refractivity contribution in [1.82, 2.24) is 0 Å². The Morgan fingerprint density at radius 2 is 2.00 bits per heavy atom. The molecule has 0 radical (unpaired) electrons. The third kappa shape index (κ3) is 3.48. The van der Waals surface area contributed by atoms with Crippen LogP contribution < -0.4 is 4.74 Å². The predicted molar refractivity (Wildman–Crippen MR) is 75.6 cm³/mol. The molecule has 0 bridgehead atoms. The third-order valence-electron chi connectivity index (χ3n) is 4.08. The summed E-state index contributed by atoms with van der Waals surface area (Å²) >= 11 is 0. The number of ether oxygens (including phenoxy) is 2. The van der Waals surface area contributed by atoms with E-state index in [1.807, 2.05) is 12.1 Å². The summed E-state index contributed by atoms with van der Waals surface area (Å²) in [5, 5.41) is 9.85. The van der Waals surface area contributed by atoms with E-state index in [9.17, 15) is 5.11 Å². The highest BCUT2D eigenvalue weighted by Crippen LogP contribution is 2.28. The van der Waals surface area contributed by atoms with Crippen LogP contribution in [0.5, 0.6) is 5.75 Å². The van der Waals surface area contributed by atoms with Crippen LogP contribution in [0.4, 0.5) is 0 Å². The summed E-state index contributed by atoms with van der Waals surface area (Å²) in [6.07, 6.45) is 1.06. The maximum absolute atomic E-state index is 9.85. The SMILES string of the molecule is CCC(C)(C)c1ccc(OC2COCCC2O)cc1. The van der Waals surface area contributed by atoms with Crippen LogP contribution in [-0.2, 0) is 10.2 Å². The van der Waals surface area contributed by atoms with Crippen LogP contribution in [0.25, 0.3) is 0 Å². The van der Waals surface area contributed by atoms with E-state index in [4.69, 9.17) is 9.47 Å². The molecule has 2 rings (SSSR count). The molecular formula is C16H24O3. The summed E-state index contributed by atoms with van der Waals surface area (Å²) in [6, 6.07) is 8.17. The summed E-state index contributed by atoms with van der Waals surface area (Å²) in [5.74, 6) is 0.796. The fourth-order valence-corrected chi connectivity index (χ4v) is 2.18. The molecule has 1 heterocycles. The van der Waals surface area contributed by atoms with Gasteiger partial charge in [-0.3, -0.25) is 0 Å². The molecule has 0 saturated carbocycles. The Bertz CT molecular complexity index is 397. The molecule has 2 atom stereocenters. The molecule has 1 saturated heterocycles. The molecule has 0 spiro atoms.